The number of rotatable bonds is 13. The molecule has 2 N–H and O–H groups in total. The number of Topliss-reactive ketones (excluding diaryl/α,β-unsaturated/α-hetero) is 1. The number of carbonyl (C=O) groups excluding carboxylic acids is 4. The van der Waals surface area contributed by atoms with Crippen LogP contribution in [0.3, 0.4) is 0 Å². The van der Waals surface area contributed by atoms with Crippen molar-refractivity contribution in [2.45, 2.75) is 64.3 Å². The fourth-order valence-corrected chi connectivity index (χ4v) is 7.79. The SMILES string of the molecule is CC1=C(C(=O)OCC(=O)c2ccccc2)N2C(=O)C(NC(=O)C(NP(=O)(OC(C)C)OC(C)C)c3ccccc3)[C@@H]2SC1. The van der Waals surface area contributed by atoms with Gasteiger partial charge in [0.15, 0.2) is 12.4 Å². The van der Waals surface area contributed by atoms with E-state index in [0.29, 0.717) is 22.5 Å². The Labute approximate surface area is 255 Å². The average Bonchev–Trinajstić information content (AvgIpc) is 2.97. The number of thioether (sulfide) groups is 1. The van der Waals surface area contributed by atoms with Crippen LogP contribution in [0.5, 0.6) is 0 Å². The normalized spacial score (nSPS) is 19.1. The molecule has 2 heterocycles. The fourth-order valence-electron chi connectivity index (χ4n) is 4.63. The number of benzene rings is 2. The molecule has 11 nitrogen and oxygen atoms in total. The van der Waals surface area contributed by atoms with E-state index in [1.807, 2.05) is 0 Å². The van der Waals surface area contributed by atoms with Crippen molar-refractivity contribution in [3.05, 3.63) is 83.1 Å². The molecule has 230 valence electrons. The Morgan fingerprint density at radius 2 is 1.56 bits per heavy atom. The lowest BCUT2D eigenvalue weighted by Gasteiger charge is -2.49. The minimum absolute atomic E-state index is 0.0676. The van der Waals surface area contributed by atoms with E-state index in [0.717, 1.165) is 0 Å². The van der Waals surface area contributed by atoms with Gasteiger partial charge in [0.25, 0.3) is 5.91 Å². The molecule has 0 bridgehead atoms. The second kappa shape index (κ2) is 14.0. The first-order valence-corrected chi connectivity index (χ1v) is 16.5. The topological polar surface area (TPSA) is 140 Å². The molecule has 2 aliphatic rings. The molecule has 3 atom stereocenters. The van der Waals surface area contributed by atoms with Gasteiger partial charge < -0.3 is 10.1 Å². The van der Waals surface area contributed by atoms with Gasteiger partial charge in [-0.3, -0.25) is 28.3 Å². The van der Waals surface area contributed by atoms with Gasteiger partial charge in [-0.2, -0.15) is 0 Å². The zero-order chi connectivity index (χ0) is 31.3. The van der Waals surface area contributed by atoms with Crippen molar-refractivity contribution in [2.75, 3.05) is 12.4 Å². The maximum atomic E-state index is 13.7. The van der Waals surface area contributed by atoms with Crippen LogP contribution in [-0.2, 0) is 32.7 Å². The summed E-state index contributed by atoms with van der Waals surface area (Å²) < 4.78 is 30.1. The highest BCUT2D eigenvalue weighted by Gasteiger charge is 2.54. The van der Waals surface area contributed by atoms with Gasteiger partial charge in [0.2, 0.25) is 5.91 Å². The molecule has 0 aliphatic carbocycles. The van der Waals surface area contributed by atoms with Gasteiger partial charge in [-0.05, 0) is 45.8 Å². The van der Waals surface area contributed by atoms with Crippen molar-refractivity contribution in [3.8, 4) is 0 Å². The number of ketones is 1. The number of β-lactam (4-membered cyclic amide) rings is 1. The van der Waals surface area contributed by atoms with E-state index in [-0.39, 0.29) is 11.5 Å². The number of esters is 1. The van der Waals surface area contributed by atoms with Crippen molar-refractivity contribution in [1.29, 1.82) is 0 Å². The Hall–Kier alpha value is -3.28. The van der Waals surface area contributed by atoms with Crippen molar-refractivity contribution < 1.29 is 37.5 Å². The molecule has 43 heavy (non-hydrogen) atoms. The third-order valence-corrected chi connectivity index (χ3v) is 9.86. The monoisotopic (exact) mass is 629 g/mol. The van der Waals surface area contributed by atoms with Gasteiger partial charge in [0.1, 0.15) is 23.2 Å². The highest BCUT2D eigenvalue weighted by atomic mass is 32.2. The molecule has 0 saturated carbocycles. The number of ether oxygens (including phenoxy) is 1. The van der Waals surface area contributed by atoms with Crippen LogP contribution in [0.2, 0.25) is 0 Å². The highest BCUT2D eigenvalue weighted by Crippen LogP contribution is 2.49. The van der Waals surface area contributed by atoms with Crippen LogP contribution in [0, 0.1) is 0 Å². The summed E-state index contributed by atoms with van der Waals surface area (Å²) in [5.41, 5.74) is 1.59. The summed E-state index contributed by atoms with van der Waals surface area (Å²) in [4.78, 5) is 53.8. The summed E-state index contributed by atoms with van der Waals surface area (Å²) in [6.45, 7) is 8.05. The molecule has 0 spiro atoms. The lowest BCUT2D eigenvalue weighted by molar-refractivity contribution is -0.152. The third-order valence-electron chi connectivity index (χ3n) is 6.46. The molecule has 1 fully saturated rings. The van der Waals surface area contributed by atoms with Crippen LogP contribution in [-0.4, -0.2) is 64.5 Å². The Balaban J connectivity index is 1.48. The van der Waals surface area contributed by atoms with Crippen molar-refractivity contribution in [1.82, 2.24) is 15.3 Å². The lowest BCUT2D eigenvalue weighted by Crippen LogP contribution is -2.71. The maximum absolute atomic E-state index is 13.7. The minimum atomic E-state index is -3.96. The molecule has 0 radical (unpaired) electrons. The highest BCUT2D eigenvalue weighted by molar-refractivity contribution is 8.00. The number of amides is 2. The van der Waals surface area contributed by atoms with Crippen molar-refractivity contribution in [3.63, 3.8) is 0 Å². The third kappa shape index (κ3) is 7.82. The summed E-state index contributed by atoms with van der Waals surface area (Å²) >= 11 is 1.39. The summed E-state index contributed by atoms with van der Waals surface area (Å²) in [5, 5.41) is 4.97. The van der Waals surface area contributed by atoms with Crippen molar-refractivity contribution in [2.24, 2.45) is 0 Å². The van der Waals surface area contributed by atoms with E-state index < -0.39 is 61.8 Å². The first kappa shape index (κ1) is 32.6. The molecule has 2 aromatic carbocycles. The molecule has 2 aromatic rings. The second-order valence-electron chi connectivity index (χ2n) is 10.7. The predicted octanol–water partition coefficient (Wildman–Crippen LogP) is 4.38. The lowest BCUT2D eigenvalue weighted by atomic mass is 10.0. The van der Waals surface area contributed by atoms with Crippen LogP contribution in [0.4, 0.5) is 0 Å². The van der Waals surface area contributed by atoms with Crippen LogP contribution in [0.25, 0.3) is 0 Å². The van der Waals surface area contributed by atoms with E-state index in [1.165, 1.54) is 16.7 Å². The average molecular weight is 630 g/mol. The zero-order valence-electron chi connectivity index (χ0n) is 24.6. The standard InChI is InChI=1S/C30H36N3O8PS/c1-18(2)40-42(38,41-19(3)4)32-24(22-14-10-7-11-15-22)27(35)31-25-28(36)33-26(20(5)17-43-29(25)33)30(37)39-16-23(34)21-12-8-6-9-13-21/h6-15,18-19,24-25,29H,16-17H2,1-5H3,(H,31,35)(H,32,38)/t24?,25?,29-/m0/s1. The van der Waals surface area contributed by atoms with Crippen LogP contribution < -0.4 is 10.4 Å². The number of carbonyl (C=O) groups is 4. The fraction of sp³-hybridized carbons (Fsp3) is 0.400. The Kier molecular flexibility index (Phi) is 10.6. The predicted molar refractivity (Wildman–Crippen MR) is 162 cm³/mol. The number of hydrogen-bond acceptors (Lipinski definition) is 9. The zero-order valence-corrected chi connectivity index (χ0v) is 26.4. The van der Waals surface area contributed by atoms with Gasteiger partial charge in [0.05, 0.1) is 12.2 Å². The van der Waals surface area contributed by atoms with E-state index in [2.05, 4.69) is 10.4 Å². The molecule has 0 aromatic heterocycles. The summed E-state index contributed by atoms with van der Waals surface area (Å²) in [6, 6.07) is 14.9. The first-order chi connectivity index (χ1) is 20.4. The van der Waals surface area contributed by atoms with Crippen LogP contribution in [0.15, 0.2) is 71.9 Å². The summed E-state index contributed by atoms with van der Waals surface area (Å²) in [7, 11) is -3.96. The molecule has 2 unspecified atom stereocenters. The van der Waals surface area contributed by atoms with Gasteiger partial charge in [0, 0.05) is 11.3 Å². The van der Waals surface area contributed by atoms with Gasteiger partial charge in [-0.1, -0.05) is 60.7 Å². The largest absolute Gasteiger partial charge is 0.453 e. The molecule has 2 amide bonds. The van der Waals surface area contributed by atoms with Gasteiger partial charge >= 0.3 is 13.7 Å². The summed E-state index contributed by atoms with van der Waals surface area (Å²) in [6.07, 6.45) is -0.929. The van der Waals surface area contributed by atoms with Gasteiger partial charge in [-0.15, -0.1) is 11.8 Å². The molecule has 2 aliphatic heterocycles. The quantitative estimate of drug-likeness (QED) is 0.142. The van der Waals surface area contributed by atoms with E-state index in [1.54, 1.807) is 95.3 Å². The number of hydrogen-bond donors (Lipinski definition) is 2. The molecule has 4 rings (SSSR count). The maximum Gasteiger partial charge on any atom is 0.406 e. The molecule has 13 heteroatoms. The van der Waals surface area contributed by atoms with Crippen LogP contribution >= 0.6 is 19.5 Å². The molecule has 1 saturated heterocycles. The van der Waals surface area contributed by atoms with Crippen molar-refractivity contribution >= 4 is 43.1 Å². The Morgan fingerprint density at radius 3 is 2.14 bits per heavy atom. The number of fused-ring (bicyclic) bond motifs is 1. The second-order valence-corrected chi connectivity index (χ2v) is 13.4. The van der Waals surface area contributed by atoms with E-state index >= 15 is 0 Å². The smallest absolute Gasteiger partial charge is 0.406 e. The van der Waals surface area contributed by atoms with Crippen LogP contribution in [0.1, 0.15) is 56.6 Å². The van der Waals surface area contributed by atoms with Gasteiger partial charge in [-0.25, -0.2) is 14.4 Å². The molecular formula is C30H36N3O8PS. The Morgan fingerprint density at radius 1 is 0.977 bits per heavy atom. The number of nitrogens with zero attached hydrogens (tertiary/aromatic N) is 1. The molecular weight excluding hydrogens is 593 g/mol. The minimum Gasteiger partial charge on any atom is -0.453 e. The number of nitrogens with one attached hydrogen (secondary N) is 2. The first-order valence-electron chi connectivity index (χ1n) is 13.9. The summed E-state index contributed by atoms with van der Waals surface area (Å²) in [5.74, 6) is -1.86. The van der Waals surface area contributed by atoms with E-state index in [4.69, 9.17) is 13.8 Å². The van der Waals surface area contributed by atoms with E-state index in [9.17, 15) is 23.7 Å². The Bertz CT molecular complexity index is 1420.